The minimum Gasteiger partial charge on any atom is -0.488 e. The van der Waals surface area contributed by atoms with E-state index >= 15 is 0 Å². The van der Waals surface area contributed by atoms with E-state index in [1.54, 1.807) is 0 Å². The first-order chi connectivity index (χ1) is 8.81. The first kappa shape index (κ1) is 12.2. The number of hydrogen-bond acceptors (Lipinski definition) is 3. The third-order valence-corrected chi connectivity index (χ3v) is 2.76. The minimum absolute atomic E-state index is 0.503. The molecular weight excluding hydrogens is 226 g/mol. The summed E-state index contributed by atoms with van der Waals surface area (Å²) < 4.78 is 5.75. The molecule has 18 heavy (non-hydrogen) atoms. The van der Waals surface area contributed by atoms with Crippen LogP contribution in [0.1, 0.15) is 16.7 Å². The zero-order valence-electron chi connectivity index (χ0n) is 10.2. The zero-order valence-corrected chi connectivity index (χ0v) is 10.2. The summed E-state index contributed by atoms with van der Waals surface area (Å²) in [6.07, 6.45) is 1.37. The number of ether oxygens (including phenoxy) is 1. The van der Waals surface area contributed by atoms with Crippen molar-refractivity contribution in [3.8, 4) is 5.75 Å². The van der Waals surface area contributed by atoms with E-state index in [9.17, 15) is 0 Å². The van der Waals surface area contributed by atoms with E-state index in [0.717, 1.165) is 11.1 Å². The Labute approximate surface area is 106 Å². The summed E-state index contributed by atoms with van der Waals surface area (Å²) in [4.78, 5) is 0. The van der Waals surface area contributed by atoms with E-state index in [-0.39, 0.29) is 0 Å². The Bertz CT molecular complexity index is 550. The van der Waals surface area contributed by atoms with E-state index in [0.29, 0.717) is 12.4 Å². The van der Waals surface area contributed by atoms with Crippen LogP contribution in [-0.2, 0) is 6.61 Å². The first-order valence-electron chi connectivity index (χ1n) is 5.75. The fourth-order valence-electron chi connectivity index (χ4n) is 1.71. The molecule has 1 N–H and O–H groups in total. The van der Waals surface area contributed by atoms with E-state index in [2.05, 4.69) is 18.1 Å². The molecule has 0 saturated carbocycles. The molecule has 0 bridgehead atoms. The van der Waals surface area contributed by atoms with E-state index in [4.69, 9.17) is 9.94 Å². The van der Waals surface area contributed by atoms with Gasteiger partial charge in [0.2, 0.25) is 0 Å². The van der Waals surface area contributed by atoms with Crippen LogP contribution < -0.4 is 4.74 Å². The van der Waals surface area contributed by atoms with Gasteiger partial charge in [-0.25, -0.2) is 0 Å². The molecule has 0 aliphatic rings. The Morgan fingerprint density at radius 1 is 1.11 bits per heavy atom. The van der Waals surface area contributed by atoms with Crippen molar-refractivity contribution in [1.29, 1.82) is 0 Å². The van der Waals surface area contributed by atoms with Gasteiger partial charge in [-0.05, 0) is 30.2 Å². The van der Waals surface area contributed by atoms with Gasteiger partial charge in [0.15, 0.2) is 0 Å². The molecule has 92 valence electrons. The Balaban J connectivity index is 2.13. The predicted octanol–water partition coefficient (Wildman–Crippen LogP) is 3.38. The quantitative estimate of drug-likeness (QED) is 0.506. The van der Waals surface area contributed by atoms with Crippen LogP contribution in [0, 0.1) is 6.92 Å². The number of para-hydroxylation sites is 1. The van der Waals surface area contributed by atoms with E-state index in [1.807, 2.05) is 42.5 Å². The van der Waals surface area contributed by atoms with Gasteiger partial charge in [0.25, 0.3) is 0 Å². The van der Waals surface area contributed by atoms with Crippen LogP contribution in [0.3, 0.4) is 0 Å². The van der Waals surface area contributed by atoms with Crippen molar-refractivity contribution in [3.05, 3.63) is 65.2 Å². The second-order valence-corrected chi connectivity index (χ2v) is 4.00. The van der Waals surface area contributed by atoms with Crippen molar-refractivity contribution >= 4 is 6.21 Å². The zero-order chi connectivity index (χ0) is 12.8. The average Bonchev–Trinajstić information content (AvgIpc) is 2.40. The van der Waals surface area contributed by atoms with Gasteiger partial charge in [0.05, 0.1) is 6.21 Å². The molecule has 0 unspecified atom stereocenters. The van der Waals surface area contributed by atoms with Crippen LogP contribution in [-0.4, -0.2) is 11.4 Å². The van der Waals surface area contributed by atoms with Gasteiger partial charge in [-0.1, -0.05) is 41.6 Å². The number of benzene rings is 2. The number of hydrogen-bond donors (Lipinski definition) is 1. The third kappa shape index (κ3) is 2.88. The molecule has 3 nitrogen and oxygen atoms in total. The molecule has 2 aromatic rings. The molecule has 2 rings (SSSR count). The van der Waals surface area contributed by atoms with Crippen molar-refractivity contribution in [1.82, 2.24) is 0 Å². The fraction of sp³-hybridized carbons (Fsp3) is 0.133. The molecule has 0 heterocycles. The van der Waals surface area contributed by atoms with Crippen molar-refractivity contribution in [2.24, 2.45) is 5.16 Å². The maximum absolute atomic E-state index is 8.59. The van der Waals surface area contributed by atoms with Crippen LogP contribution in [0.15, 0.2) is 53.7 Å². The lowest BCUT2D eigenvalue weighted by atomic mass is 10.1. The molecule has 2 aromatic carbocycles. The van der Waals surface area contributed by atoms with Gasteiger partial charge in [-0.2, -0.15) is 0 Å². The highest BCUT2D eigenvalue weighted by atomic mass is 16.5. The molecule has 0 amide bonds. The molecule has 0 saturated heterocycles. The molecular formula is C15H15NO2. The number of aryl methyl sites for hydroxylation is 1. The van der Waals surface area contributed by atoms with Crippen LogP contribution in [0.4, 0.5) is 0 Å². The summed E-state index contributed by atoms with van der Waals surface area (Å²) in [5.41, 5.74) is 3.10. The standard InChI is InChI=1S/C15H15NO2/c1-12-6-2-3-8-14(12)11-18-15-9-5-4-7-13(15)10-16-17/h2-10,17H,11H2,1H3/b16-10+. The van der Waals surface area contributed by atoms with Gasteiger partial charge in [0.1, 0.15) is 12.4 Å². The minimum atomic E-state index is 0.503. The molecule has 0 radical (unpaired) electrons. The number of nitrogens with zero attached hydrogens (tertiary/aromatic N) is 1. The van der Waals surface area contributed by atoms with Crippen LogP contribution in [0.2, 0.25) is 0 Å². The summed E-state index contributed by atoms with van der Waals surface area (Å²) >= 11 is 0. The lowest BCUT2D eigenvalue weighted by molar-refractivity contribution is 0.303. The molecule has 0 aliphatic carbocycles. The largest absolute Gasteiger partial charge is 0.488 e. The van der Waals surface area contributed by atoms with Gasteiger partial charge < -0.3 is 9.94 Å². The third-order valence-electron chi connectivity index (χ3n) is 2.76. The van der Waals surface area contributed by atoms with Gasteiger partial charge in [0, 0.05) is 5.56 Å². The Morgan fingerprint density at radius 2 is 1.83 bits per heavy atom. The number of oxime groups is 1. The Kier molecular flexibility index (Phi) is 3.97. The normalized spacial score (nSPS) is 10.7. The smallest absolute Gasteiger partial charge is 0.128 e. The van der Waals surface area contributed by atoms with Crippen molar-refractivity contribution in [3.63, 3.8) is 0 Å². The summed E-state index contributed by atoms with van der Waals surface area (Å²) in [6.45, 7) is 2.56. The van der Waals surface area contributed by atoms with Gasteiger partial charge in [-0.15, -0.1) is 0 Å². The monoisotopic (exact) mass is 241 g/mol. The highest BCUT2D eigenvalue weighted by molar-refractivity contribution is 5.82. The Morgan fingerprint density at radius 3 is 2.61 bits per heavy atom. The van der Waals surface area contributed by atoms with E-state index < -0.39 is 0 Å². The van der Waals surface area contributed by atoms with Crippen LogP contribution in [0.5, 0.6) is 5.75 Å². The summed E-state index contributed by atoms with van der Waals surface area (Å²) in [6, 6.07) is 15.6. The first-order valence-corrected chi connectivity index (χ1v) is 5.75. The molecule has 3 heteroatoms. The topological polar surface area (TPSA) is 41.8 Å². The highest BCUT2D eigenvalue weighted by Crippen LogP contribution is 2.18. The molecule has 0 atom stereocenters. The molecule has 0 aliphatic heterocycles. The van der Waals surface area contributed by atoms with Crippen molar-refractivity contribution in [2.75, 3.05) is 0 Å². The van der Waals surface area contributed by atoms with Crippen LogP contribution in [0.25, 0.3) is 0 Å². The van der Waals surface area contributed by atoms with Gasteiger partial charge >= 0.3 is 0 Å². The number of rotatable bonds is 4. The van der Waals surface area contributed by atoms with Gasteiger partial charge in [-0.3, -0.25) is 0 Å². The fourth-order valence-corrected chi connectivity index (χ4v) is 1.71. The Hall–Kier alpha value is -2.29. The maximum Gasteiger partial charge on any atom is 0.128 e. The summed E-state index contributed by atoms with van der Waals surface area (Å²) in [5.74, 6) is 0.707. The molecule has 0 fully saturated rings. The molecule has 0 spiro atoms. The summed E-state index contributed by atoms with van der Waals surface area (Å²) in [7, 11) is 0. The molecule has 0 aromatic heterocycles. The second kappa shape index (κ2) is 5.87. The predicted molar refractivity (Wildman–Crippen MR) is 71.3 cm³/mol. The SMILES string of the molecule is Cc1ccccc1COc1ccccc1/C=N/O. The van der Waals surface area contributed by atoms with E-state index in [1.165, 1.54) is 11.8 Å². The average molecular weight is 241 g/mol. The highest BCUT2D eigenvalue weighted by Gasteiger charge is 2.02. The maximum atomic E-state index is 8.59. The van der Waals surface area contributed by atoms with Crippen molar-refractivity contribution < 1.29 is 9.94 Å². The second-order valence-electron chi connectivity index (χ2n) is 4.00. The lowest BCUT2D eigenvalue weighted by Gasteiger charge is -2.10. The lowest BCUT2D eigenvalue weighted by Crippen LogP contribution is -1.99. The van der Waals surface area contributed by atoms with Crippen molar-refractivity contribution in [2.45, 2.75) is 13.5 Å². The summed E-state index contributed by atoms with van der Waals surface area (Å²) in [5, 5.41) is 11.6. The van der Waals surface area contributed by atoms with Crippen LogP contribution >= 0.6 is 0 Å².